The highest BCUT2D eigenvalue weighted by molar-refractivity contribution is 5.68. The average Bonchev–Trinajstić information content (AvgIpc) is 2.94. The summed E-state index contributed by atoms with van der Waals surface area (Å²) in [7, 11) is 0. The van der Waals surface area contributed by atoms with E-state index in [-0.39, 0.29) is 5.75 Å². The van der Waals surface area contributed by atoms with Gasteiger partial charge >= 0.3 is 0 Å². The van der Waals surface area contributed by atoms with Gasteiger partial charge in [0.15, 0.2) is 0 Å². The van der Waals surface area contributed by atoms with Gasteiger partial charge in [-0.05, 0) is 31.2 Å². The van der Waals surface area contributed by atoms with Crippen molar-refractivity contribution in [3.8, 4) is 17.0 Å². The van der Waals surface area contributed by atoms with Gasteiger partial charge in [0.2, 0.25) is 0 Å². The van der Waals surface area contributed by atoms with E-state index in [1.807, 2.05) is 18.2 Å². The summed E-state index contributed by atoms with van der Waals surface area (Å²) in [5.74, 6) is 1.06. The summed E-state index contributed by atoms with van der Waals surface area (Å²) < 4.78 is 0. The minimum absolute atomic E-state index is 0.206. The maximum Gasteiger partial charge on any atom is 0.149 e. The Morgan fingerprint density at radius 2 is 2.11 bits per heavy atom. The Labute approximate surface area is 111 Å². The van der Waals surface area contributed by atoms with Crippen molar-refractivity contribution in [2.75, 3.05) is 18.8 Å². The second kappa shape index (κ2) is 4.85. The van der Waals surface area contributed by atoms with Gasteiger partial charge in [0.25, 0.3) is 0 Å². The van der Waals surface area contributed by atoms with Crippen LogP contribution in [0.1, 0.15) is 17.9 Å². The average molecular weight is 256 g/mol. The number of anilines is 1. The van der Waals surface area contributed by atoms with Crippen molar-refractivity contribution >= 4 is 5.82 Å². The Morgan fingerprint density at radius 3 is 2.84 bits per heavy atom. The Kier molecular flexibility index (Phi) is 3.05. The van der Waals surface area contributed by atoms with Crippen molar-refractivity contribution in [3.63, 3.8) is 0 Å². The van der Waals surface area contributed by atoms with Crippen molar-refractivity contribution < 1.29 is 5.11 Å². The van der Waals surface area contributed by atoms with Crippen LogP contribution in [0.2, 0.25) is 0 Å². The van der Waals surface area contributed by atoms with Gasteiger partial charge < -0.3 is 16.2 Å². The van der Waals surface area contributed by atoms with Gasteiger partial charge in [0.1, 0.15) is 11.6 Å². The molecule has 0 radical (unpaired) electrons. The lowest BCUT2D eigenvalue weighted by molar-refractivity contribution is 0.477. The van der Waals surface area contributed by atoms with Crippen molar-refractivity contribution in [1.29, 1.82) is 0 Å². The largest absolute Gasteiger partial charge is 0.507 e. The Hall–Kier alpha value is -2.14. The van der Waals surface area contributed by atoms with Crippen LogP contribution >= 0.6 is 0 Å². The minimum atomic E-state index is 0.206. The number of nitrogens with two attached hydrogens (primary N) is 1. The number of aromatic hydroxyl groups is 1. The summed E-state index contributed by atoms with van der Waals surface area (Å²) in [6.07, 6.45) is 1.05. The molecule has 1 aromatic carbocycles. The van der Waals surface area contributed by atoms with Gasteiger partial charge in [-0.2, -0.15) is 0 Å². The van der Waals surface area contributed by atoms with E-state index >= 15 is 0 Å². The predicted octanol–water partition coefficient (Wildman–Crippen LogP) is 1.51. The van der Waals surface area contributed by atoms with Gasteiger partial charge in [0, 0.05) is 23.6 Å². The van der Waals surface area contributed by atoms with Gasteiger partial charge in [0.05, 0.1) is 5.69 Å². The zero-order valence-electron chi connectivity index (χ0n) is 10.5. The molecule has 1 saturated heterocycles. The molecule has 1 atom stereocenters. The summed E-state index contributed by atoms with van der Waals surface area (Å²) in [5.41, 5.74) is 8.28. The summed E-state index contributed by atoms with van der Waals surface area (Å²) in [4.78, 5) is 0. The Morgan fingerprint density at radius 1 is 1.26 bits per heavy atom. The number of phenols is 1. The third-order valence-corrected chi connectivity index (χ3v) is 3.53. The molecule has 0 spiro atoms. The molecule has 1 aliphatic heterocycles. The number of benzene rings is 1. The molecule has 0 saturated carbocycles. The fraction of sp³-hybridized carbons (Fsp3) is 0.286. The molecule has 4 N–H and O–H groups in total. The number of phenolic OH excluding ortho intramolecular Hbond substituents is 1. The first-order valence-electron chi connectivity index (χ1n) is 6.38. The highest BCUT2D eigenvalue weighted by atomic mass is 16.3. The lowest BCUT2D eigenvalue weighted by Crippen LogP contribution is -2.10. The summed E-state index contributed by atoms with van der Waals surface area (Å²) in [5, 5.41) is 21.3. The molecule has 5 nitrogen and oxygen atoms in total. The van der Waals surface area contributed by atoms with Crippen LogP contribution in [0, 0.1) is 0 Å². The number of aromatic nitrogens is 2. The number of nitrogens with one attached hydrogen (secondary N) is 1. The van der Waals surface area contributed by atoms with E-state index in [9.17, 15) is 5.11 Å². The monoisotopic (exact) mass is 256 g/mol. The van der Waals surface area contributed by atoms with Crippen LogP contribution < -0.4 is 11.1 Å². The van der Waals surface area contributed by atoms with E-state index in [4.69, 9.17) is 5.73 Å². The first-order chi connectivity index (χ1) is 9.25. The molecule has 3 rings (SSSR count). The fourth-order valence-corrected chi connectivity index (χ4v) is 2.48. The molecule has 98 valence electrons. The number of hydrogen-bond acceptors (Lipinski definition) is 5. The number of nitrogens with zero attached hydrogens (tertiary/aromatic N) is 2. The maximum atomic E-state index is 9.88. The molecule has 0 amide bonds. The first-order valence-corrected chi connectivity index (χ1v) is 6.38. The number of para-hydroxylation sites is 1. The van der Waals surface area contributed by atoms with E-state index in [1.165, 1.54) is 0 Å². The molecule has 1 unspecified atom stereocenters. The molecule has 2 aromatic rings. The van der Waals surface area contributed by atoms with Crippen LogP contribution in [0.15, 0.2) is 30.3 Å². The van der Waals surface area contributed by atoms with Crippen LogP contribution in [0.3, 0.4) is 0 Å². The number of nitrogen functional groups attached to an aromatic ring is 1. The zero-order chi connectivity index (χ0) is 13.2. The van der Waals surface area contributed by atoms with E-state index in [0.29, 0.717) is 23.0 Å². The molecule has 5 heteroatoms. The molecule has 1 aromatic heterocycles. The van der Waals surface area contributed by atoms with Crippen LogP contribution in [0.25, 0.3) is 11.3 Å². The zero-order valence-corrected chi connectivity index (χ0v) is 10.5. The van der Waals surface area contributed by atoms with Crippen LogP contribution in [0.4, 0.5) is 5.82 Å². The lowest BCUT2D eigenvalue weighted by atomic mass is 9.97. The maximum absolute atomic E-state index is 9.88. The molecule has 0 aliphatic carbocycles. The molecule has 1 fully saturated rings. The molecule has 19 heavy (non-hydrogen) atoms. The summed E-state index contributed by atoms with van der Waals surface area (Å²) in [6, 6.07) is 9.06. The molecule has 2 heterocycles. The van der Waals surface area contributed by atoms with E-state index in [2.05, 4.69) is 15.5 Å². The summed E-state index contributed by atoms with van der Waals surface area (Å²) >= 11 is 0. The standard InChI is InChI=1S/C14H16N4O/c15-14-11(9-5-6-16-8-9)7-12(17-18-14)10-3-1-2-4-13(10)19/h1-4,7,9,16,19H,5-6,8H2,(H2,15,18). The third kappa shape index (κ3) is 2.24. The van der Waals surface area contributed by atoms with E-state index in [1.54, 1.807) is 12.1 Å². The second-order valence-corrected chi connectivity index (χ2v) is 4.78. The predicted molar refractivity (Wildman–Crippen MR) is 73.8 cm³/mol. The van der Waals surface area contributed by atoms with Crippen molar-refractivity contribution in [2.45, 2.75) is 12.3 Å². The molecular formula is C14H16N4O. The summed E-state index contributed by atoms with van der Waals surface area (Å²) in [6.45, 7) is 1.91. The topological polar surface area (TPSA) is 84.1 Å². The van der Waals surface area contributed by atoms with Crippen molar-refractivity contribution in [3.05, 3.63) is 35.9 Å². The highest BCUT2D eigenvalue weighted by Gasteiger charge is 2.21. The van der Waals surface area contributed by atoms with Crippen LogP contribution in [-0.2, 0) is 0 Å². The minimum Gasteiger partial charge on any atom is -0.507 e. The SMILES string of the molecule is Nc1nnc(-c2ccccc2O)cc1C1CCNC1. The number of rotatable bonds is 2. The Bertz CT molecular complexity index is 594. The third-order valence-electron chi connectivity index (χ3n) is 3.53. The quantitative estimate of drug-likeness (QED) is 0.758. The van der Waals surface area contributed by atoms with Crippen LogP contribution in [0.5, 0.6) is 5.75 Å². The highest BCUT2D eigenvalue weighted by Crippen LogP contribution is 2.32. The smallest absolute Gasteiger partial charge is 0.149 e. The Balaban J connectivity index is 2.04. The first kappa shape index (κ1) is 11.9. The van der Waals surface area contributed by atoms with Crippen LogP contribution in [-0.4, -0.2) is 28.4 Å². The number of hydrogen-bond donors (Lipinski definition) is 3. The van der Waals surface area contributed by atoms with Crippen molar-refractivity contribution in [1.82, 2.24) is 15.5 Å². The van der Waals surface area contributed by atoms with E-state index < -0.39 is 0 Å². The van der Waals surface area contributed by atoms with Gasteiger partial charge in [-0.1, -0.05) is 12.1 Å². The van der Waals surface area contributed by atoms with Gasteiger partial charge in [-0.3, -0.25) is 0 Å². The lowest BCUT2D eigenvalue weighted by Gasteiger charge is -2.12. The molecule has 1 aliphatic rings. The van der Waals surface area contributed by atoms with E-state index in [0.717, 1.165) is 25.1 Å². The fourth-order valence-electron chi connectivity index (χ4n) is 2.48. The van der Waals surface area contributed by atoms with Gasteiger partial charge in [-0.15, -0.1) is 10.2 Å². The second-order valence-electron chi connectivity index (χ2n) is 4.78. The molecule has 0 bridgehead atoms. The van der Waals surface area contributed by atoms with Crippen molar-refractivity contribution in [2.24, 2.45) is 0 Å². The normalized spacial score (nSPS) is 18.6. The molecular weight excluding hydrogens is 240 g/mol. The van der Waals surface area contributed by atoms with Gasteiger partial charge in [-0.25, -0.2) is 0 Å².